The van der Waals surface area contributed by atoms with Gasteiger partial charge in [-0.3, -0.25) is 4.79 Å². The summed E-state index contributed by atoms with van der Waals surface area (Å²) in [7, 11) is 0. The third kappa shape index (κ3) is 3.18. The highest BCUT2D eigenvalue weighted by Gasteiger charge is 2.37. The van der Waals surface area contributed by atoms with Crippen molar-refractivity contribution in [1.29, 1.82) is 0 Å². The van der Waals surface area contributed by atoms with Crippen LogP contribution in [0.25, 0.3) is 0 Å². The molecule has 0 aromatic carbocycles. The van der Waals surface area contributed by atoms with E-state index in [1.54, 1.807) is 6.26 Å². The standard InChI is InChI=1S/C15H24N2O2/c1-11(13-7-5-9-19-13)17-14(18)15(2,3)12-6-4-8-16-10-12/h5,7,9,11-12,16H,4,6,8,10H2,1-3H3,(H,17,18)/t11-,12?/m1/s1. The Morgan fingerprint density at radius 3 is 2.95 bits per heavy atom. The van der Waals surface area contributed by atoms with Crippen LogP contribution in [-0.2, 0) is 4.79 Å². The summed E-state index contributed by atoms with van der Waals surface area (Å²) in [6.45, 7) is 8.02. The van der Waals surface area contributed by atoms with Gasteiger partial charge < -0.3 is 15.1 Å². The van der Waals surface area contributed by atoms with Gasteiger partial charge >= 0.3 is 0 Å². The molecule has 0 aliphatic carbocycles. The largest absolute Gasteiger partial charge is 0.467 e. The predicted molar refractivity (Wildman–Crippen MR) is 74.6 cm³/mol. The van der Waals surface area contributed by atoms with Gasteiger partial charge in [-0.15, -0.1) is 0 Å². The summed E-state index contributed by atoms with van der Waals surface area (Å²) in [5.41, 5.74) is -0.353. The van der Waals surface area contributed by atoms with Crippen LogP contribution in [0.4, 0.5) is 0 Å². The van der Waals surface area contributed by atoms with Gasteiger partial charge in [-0.2, -0.15) is 0 Å². The zero-order chi connectivity index (χ0) is 13.9. The van der Waals surface area contributed by atoms with Crippen molar-refractivity contribution in [1.82, 2.24) is 10.6 Å². The monoisotopic (exact) mass is 264 g/mol. The number of carbonyl (C=O) groups excluding carboxylic acids is 1. The molecule has 0 radical (unpaired) electrons. The molecule has 1 amide bonds. The van der Waals surface area contributed by atoms with Crippen LogP contribution in [-0.4, -0.2) is 19.0 Å². The molecule has 2 atom stereocenters. The van der Waals surface area contributed by atoms with E-state index in [0.29, 0.717) is 5.92 Å². The van der Waals surface area contributed by atoms with E-state index < -0.39 is 0 Å². The van der Waals surface area contributed by atoms with Crippen LogP contribution < -0.4 is 10.6 Å². The van der Waals surface area contributed by atoms with Gasteiger partial charge in [0.25, 0.3) is 0 Å². The molecule has 0 saturated carbocycles. The summed E-state index contributed by atoms with van der Waals surface area (Å²) in [6, 6.07) is 3.65. The molecular formula is C15H24N2O2. The molecule has 19 heavy (non-hydrogen) atoms. The average Bonchev–Trinajstić information content (AvgIpc) is 2.93. The second-order valence-corrected chi connectivity index (χ2v) is 5.98. The van der Waals surface area contributed by atoms with E-state index in [1.165, 1.54) is 0 Å². The first-order valence-electron chi connectivity index (χ1n) is 7.07. The average molecular weight is 264 g/mol. The summed E-state index contributed by atoms with van der Waals surface area (Å²) >= 11 is 0. The zero-order valence-corrected chi connectivity index (χ0v) is 12.0. The SMILES string of the molecule is C[C@@H](NC(=O)C(C)(C)C1CCCNC1)c1ccco1. The number of amides is 1. The maximum Gasteiger partial charge on any atom is 0.226 e. The Bertz CT molecular complexity index is 406. The number of carbonyl (C=O) groups is 1. The molecule has 1 aromatic rings. The summed E-state index contributed by atoms with van der Waals surface area (Å²) in [6.07, 6.45) is 3.89. The van der Waals surface area contributed by atoms with E-state index in [1.807, 2.05) is 32.9 Å². The lowest BCUT2D eigenvalue weighted by Crippen LogP contribution is -2.47. The van der Waals surface area contributed by atoms with Crippen LogP contribution in [0.1, 0.15) is 45.4 Å². The van der Waals surface area contributed by atoms with Crippen molar-refractivity contribution in [2.75, 3.05) is 13.1 Å². The van der Waals surface area contributed by atoms with E-state index in [4.69, 9.17) is 4.42 Å². The third-order valence-electron chi connectivity index (χ3n) is 4.22. The van der Waals surface area contributed by atoms with Crippen LogP contribution in [0, 0.1) is 11.3 Å². The summed E-state index contributed by atoms with van der Waals surface area (Å²) in [5, 5.41) is 6.44. The lowest BCUT2D eigenvalue weighted by atomic mass is 9.74. The Balaban J connectivity index is 1.97. The van der Waals surface area contributed by atoms with Crippen LogP contribution >= 0.6 is 0 Å². The molecule has 1 unspecified atom stereocenters. The molecule has 0 bridgehead atoms. The Morgan fingerprint density at radius 2 is 2.37 bits per heavy atom. The quantitative estimate of drug-likeness (QED) is 0.878. The number of nitrogens with one attached hydrogen (secondary N) is 2. The molecule has 4 nitrogen and oxygen atoms in total. The molecule has 106 valence electrons. The lowest BCUT2D eigenvalue weighted by molar-refractivity contribution is -0.133. The maximum absolute atomic E-state index is 12.5. The molecule has 1 aromatic heterocycles. The fourth-order valence-corrected chi connectivity index (χ4v) is 2.64. The summed E-state index contributed by atoms with van der Waals surface area (Å²) in [5.74, 6) is 1.29. The van der Waals surface area contributed by atoms with Crippen molar-refractivity contribution in [2.45, 2.75) is 39.7 Å². The van der Waals surface area contributed by atoms with Gasteiger partial charge in [0.05, 0.1) is 12.3 Å². The Morgan fingerprint density at radius 1 is 1.58 bits per heavy atom. The fourth-order valence-electron chi connectivity index (χ4n) is 2.64. The molecule has 1 aliphatic heterocycles. The lowest BCUT2D eigenvalue weighted by Gasteiger charge is -2.36. The molecule has 2 rings (SSSR count). The number of hydrogen-bond donors (Lipinski definition) is 2. The minimum atomic E-state index is -0.353. The van der Waals surface area contributed by atoms with Crippen LogP contribution in [0.3, 0.4) is 0 Å². The highest BCUT2D eigenvalue weighted by atomic mass is 16.3. The number of hydrogen-bond acceptors (Lipinski definition) is 3. The van der Waals surface area contributed by atoms with Gasteiger partial charge in [0.15, 0.2) is 0 Å². The molecule has 2 N–H and O–H groups in total. The Labute approximate surface area is 114 Å². The Kier molecular flexibility index (Phi) is 4.30. The Hall–Kier alpha value is -1.29. The molecule has 1 aliphatic rings. The molecule has 1 fully saturated rings. The zero-order valence-electron chi connectivity index (χ0n) is 12.0. The smallest absolute Gasteiger partial charge is 0.226 e. The third-order valence-corrected chi connectivity index (χ3v) is 4.22. The van der Waals surface area contributed by atoms with Gasteiger partial charge in [-0.05, 0) is 50.9 Å². The first-order valence-corrected chi connectivity index (χ1v) is 7.07. The van der Waals surface area contributed by atoms with Crippen LogP contribution in [0.5, 0.6) is 0 Å². The second-order valence-electron chi connectivity index (χ2n) is 5.98. The van der Waals surface area contributed by atoms with E-state index in [2.05, 4.69) is 10.6 Å². The van der Waals surface area contributed by atoms with E-state index in [-0.39, 0.29) is 17.4 Å². The molecule has 2 heterocycles. The summed E-state index contributed by atoms with van der Waals surface area (Å²) in [4.78, 5) is 12.5. The molecule has 0 spiro atoms. The normalized spacial score (nSPS) is 21.9. The topological polar surface area (TPSA) is 54.3 Å². The van der Waals surface area contributed by atoms with E-state index >= 15 is 0 Å². The van der Waals surface area contributed by atoms with Crippen molar-refractivity contribution >= 4 is 5.91 Å². The first-order chi connectivity index (χ1) is 9.01. The molecular weight excluding hydrogens is 240 g/mol. The number of rotatable bonds is 4. The second kappa shape index (κ2) is 5.78. The van der Waals surface area contributed by atoms with Crippen molar-refractivity contribution in [2.24, 2.45) is 11.3 Å². The van der Waals surface area contributed by atoms with Gasteiger partial charge in [0.2, 0.25) is 5.91 Å². The highest BCUT2D eigenvalue weighted by Crippen LogP contribution is 2.32. The van der Waals surface area contributed by atoms with E-state index in [0.717, 1.165) is 31.7 Å². The van der Waals surface area contributed by atoms with E-state index in [9.17, 15) is 4.79 Å². The predicted octanol–water partition coefficient (Wildman–Crippen LogP) is 2.48. The fraction of sp³-hybridized carbons (Fsp3) is 0.667. The molecule has 1 saturated heterocycles. The van der Waals surface area contributed by atoms with Gasteiger partial charge in [-0.1, -0.05) is 13.8 Å². The molecule has 4 heteroatoms. The van der Waals surface area contributed by atoms with Gasteiger partial charge in [0.1, 0.15) is 5.76 Å². The van der Waals surface area contributed by atoms with Crippen molar-refractivity contribution in [3.05, 3.63) is 24.2 Å². The van der Waals surface area contributed by atoms with Gasteiger partial charge in [0, 0.05) is 5.41 Å². The maximum atomic E-state index is 12.5. The first kappa shape index (κ1) is 14.1. The van der Waals surface area contributed by atoms with Crippen LogP contribution in [0.2, 0.25) is 0 Å². The van der Waals surface area contributed by atoms with Crippen molar-refractivity contribution in [3.8, 4) is 0 Å². The van der Waals surface area contributed by atoms with Crippen molar-refractivity contribution < 1.29 is 9.21 Å². The summed E-state index contributed by atoms with van der Waals surface area (Å²) < 4.78 is 5.33. The van der Waals surface area contributed by atoms with Crippen molar-refractivity contribution in [3.63, 3.8) is 0 Å². The van der Waals surface area contributed by atoms with Crippen LogP contribution in [0.15, 0.2) is 22.8 Å². The minimum Gasteiger partial charge on any atom is -0.467 e. The highest BCUT2D eigenvalue weighted by molar-refractivity contribution is 5.82. The minimum absolute atomic E-state index is 0.0849. The number of furan rings is 1. The number of piperidine rings is 1. The van der Waals surface area contributed by atoms with Gasteiger partial charge in [-0.25, -0.2) is 0 Å².